The van der Waals surface area contributed by atoms with Gasteiger partial charge in [0.05, 0.1) is 11.9 Å². The average molecular weight is 306 g/mol. The van der Waals surface area contributed by atoms with Gasteiger partial charge < -0.3 is 14.3 Å². The van der Waals surface area contributed by atoms with Crippen molar-refractivity contribution in [3.8, 4) is 11.8 Å². The maximum Gasteiger partial charge on any atom is 0.194 e. The number of aromatic nitrogens is 2. The Kier molecular flexibility index (Phi) is 5.93. The summed E-state index contributed by atoms with van der Waals surface area (Å²) < 4.78 is 11.0. The molecule has 0 amide bonds. The molecule has 0 aromatic carbocycles. The Balaban J connectivity index is 1.89. The van der Waals surface area contributed by atoms with Crippen LogP contribution in [0.4, 0.5) is 0 Å². The van der Waals surface area contributed by atoms with E-state index >= 15 is 0 Å². The van der Waals surface area contributed by atoms with Crippen molar-refractivity contribution < 1.29 is 14.3 Å². The van der Waals surface area contributed by atoms with Crippen molar-refractivity contribution in [2.75, 3.05) is 6.61 Å². The zero-order valence-electron chi connectivity index (χ0n) is 12.1. The fraction of sp³-hybridized carbons (Fsp3) is 0.467. The summed E-state index contributed by atoms with van der Waals surface area (Å²) in [4.78, 5) is 9.71. The van der Waals surface area contributed by atoms with Crippen molar-refractivity contribution in [2.24, 2.45) is 0 Å². The molecular weight excluding hydrogens is 288 g/mol. The van der Waals surface area contributed by atoms with Crippen LogP contribution in [0, 0.1) is 25.7 Å². The summed E-state index contributed by atoms with van der Waals surface area (Å²) in [6.07, 6.45) is 4.20. The van der Waals surface area contributed by atoms with Crippen molar-refractivity contribution in [3.05, 3.63) is 33.9 Å². The Labute approximate surface area is 128 Å². The summed E-state index contributed by atoms with van der Waals surface area (Å²) in [7, 11) is 0. The van der Waals surface area contributed by atoms with Crippen LogP contribution in [0.1, 0.15) is 27.9 Å². The number of aliphatic hydroxyl groups is 1. The Hall–Kier alpha value is -1.68. The molecule has 0 bridgehead atoms. The maximum atomic E-state index is 8.82. The van der Waals surface area contributed by atoms with Crippen LogP contribution >= 0.6 is 11.3 Å². The molecule has 1 atom stereocenters. The van der Waals surface area contributed by atoms with E-state index in [1.165, 1.54) is 4.88 Å². The van der Waals surface area contributed by atoms with Gasteiger partial charge in [0.2, 0.25) is 0 Å². The molecule has 21 heavy (non-hydrogen) atoms. The SMILES string of the molecule is Cc1nc(COC(C#CCO)CCc2ncco2)sc1C. The first-order valence-electron chi connectivity index (χ1n) is 6.71. The second kappa shape index (κ2) is 7.93. The van der Waals surface area contributed by atoms with Crippen LogP contribution in [0.5, 0.6) is 0 Å². The van der Waals surface area contributed by atoms with Crippen molar-refractivity contribution in [2.45, 2.75) is 39.4 Å². The van der Waals surface area contributed by atoms with Crippen LogP contribution in [0.2, 0.25) is 0 Å². The summed E-state index contributed by atoms with van der Waals surface area (Å²) in [5, 5.41) is 9.76. The standard InChI is InChI=1S/C15H18N2O3S/c1-11-12(2)21-15(17-11)10-20-13(4-3-8-18)5-6-14-16-7-9-19-14/h7,9,13,18H,5-6,8,10H2,1-2H3. The summed E-state index contributed by atoms with van der Waals surface area (Å²) in [5.74, 6) is 6.21. The normalized spacial score (nSPS) is 12.0. The number of oxazole rings is 1. The minimum atomic E-state index is -0.270. The fourth-order valence-electron chi connectivity index (χ4n) is 1.76. The Bertz CT molecular complexity index is 591. The summed E-state index contributed by atoms with van der Waals surface area (Å²) >= 11 is 1.63. The number of thiazole rings is 1. The largest absolute Gasteiger partial charge is 0.449 e. The van der Waals surface area contributed by atoms with Gasteiger partial charge in [0.15, 0.2) is 5.89 Å². The molecule has 2 rings (SSSR count). The third-order valence-corrected chi connectivity index (χ3v) is 3.97. The Morgan fingerprint density at radius 3 is 2.95 bits per heavy atom. The van der Waals surface area contributed by atoms with Gasteiger partial charge in [0.25, 0.3) is 0 Å². The molecule has 1 N–H and O–H groups in total. The highest BCUT2D eigenvalue weighted by Gasteiger charge is 2.11. The van der Waals surface area contributed by atoms with E-state index in [4.69, 9.17) is 14.3 Å². The van der Waals surface area contributed by atoms with Crippen molar-refractivity contribution in [1.29, 1.82) is 0 Å². The molecule has 0 aliphatic rings. The average Bonchev–Trinajstić information content (AvgIpc) is 3.09. The highest BCUT2D eigenvalue weighted by Crippen LogP contribution is 2.18. The van der Waals surface area contributed by atoms with Crippen molar-refractivity contribution in [1.82, 2.24) is 9.97 Å². The molecule has 2 heterocycles. The van der Waals surface area contributed by atoms with E-state index in [0.29, 0.717) is 25.3 Å². The van der Waals surface area contributed by atoms with Crippen molar-refractivity contribution in [3.63, 3.8) is 0 Å². The van der Waals surface area contributed by atoms with Gasteiger partial charge in [-0.25, -0.2) is 9.97 Å². The van der Waals surface area contributed by atoms with Crippen LogP contribution in [0.25, 0.3) is 0 Å². The predicted molar refractivity (Wildman–Crippen MR) is 79.9 cm³/mol. The molecule has 0 aliphatic carbocycles. The summed E-state index contributed by atoms with van der Waals surface area (Å²) in [6, 6.07) is 0. The first-order valence-corrected chi connectivity index (χ1v) is 7.53. The van der Waals surface area contributed by atoms with Gasteiger partial charge in [-0.1, -0.05) is 11.8 Å². The zero-order chi connectivity index (χ0) is 15.1. The number of hydrogen-bond acceptors (Lipinski definition) is 6. The molecule has 1 unspecified atom stereocenters. The molecule has 5 nitrogen and oxygen atoms in total. The molecule has 0 saturated heterocycles. The molecule has 0 radical (unpaired) electrons. The maximum absolute atomic E-state index is 8.82. The van der Waals surface area contributed by atoms with E-state index in [0.717, 1.165) is 10.7 Å². The first kappa shape index (κ1) is 15.7. The van der Waals surface area contributed by atoms with Gasteiger partial charge >= 0.3 is 0 Å². The second-order valence-electron chi connectivity index (χ2n) is 4.49. The first-order chi connectivity index (χ1) is 10.2. The van der Waals surface area contributed by atoms with Crippen LogP contribution in [-0.2, 0) is 17.8 Å². The molecular formula is C15H18N2O3S. The van der Waals surface area contributed by atoms with Crippen LogP contribution in [0.3, 0.4) is 0 Å². The minimum Gasteiger partial charge on any atom is -0.449 e. The topological polar surface area (TPSA) is 68.4 Å². The smallest absolute Gasteiger partial charge is 0.194 e. The molecule has 112 valence electrons. The lowest BCUT2D eigenvalue weighted by Gasteiger charge is -2.10. The molecule has 0 aliphatic heterocycles. The second-order valence-corrected chi connectivity index (χ2v) is 5.78. The lowest BCUT2D eigenvalue weighted by molar-refractivity contribution is 0.0714. The van der Waals surface area contributed by atoms with Gasteiger partial charge in [0, 0.05) is 11.3 Å². The highest BCUT2D eigenvalue weighted by molar-refractivity contribution is 7.11. The lowest BCUT2D eigenvalue weighted by atomic mass is 10.2. The third kappa shape index (κ3) is 4.97. The molecule has 2 aromatic rings. The molecule has 6 heteroatoms. The van der Waals surface area contributed by atoms with E-state index < -0.39 is 0 Å². The van der Waals surface area contributed by atoms with Gasteiger partial charge in [-0.15, -0.1) is 11.3 Å². The molecule has 0 fully saturated rings. The van der Waals surface area contributed by atoms with E-state index in [-0.39, 0.29) is 12.7 Å². The summed E-state index contributed by atoms with van der Waals surface area (Å²) in [6.45, 7) is 4.28. The highest BCUT2D eigenvalue weighted by atomic mass is 32.1. The predicted octanol–water partition coefficient (Wildman–Crippen LogP) is 2.26. The number of hydrogen-bond donors (Lipinski definition) is 1. The Morgan fingerprint density at radius 2 is 2.33 bits per heavy atom. The van der Waals surface area contributed by atoms with E-state index in [1.807, 2.05) is 13.8 Å². The van der Waals surface area contributed by atoms with Crippen LogP contribution in [0.15, 0.2) is 16.9 Å². The monoisotopic (exact) mass is 306 g/mol. The minimum absolute atomic E-state index is 0.172. The molecule has 0 spiro atoms. The van der Waals surface area contributed by atoms with Crippen molar-refractivity contribution >= 4 is 11.3 Å². The van der Waals surface area contributed by atoms with Gasteiger partial charge in [-0.2, -0.15) is 0 Å². The van der Waals surface area contributed by atoms with Gasteiger partial charge in [0.1, 0.15) is 30.6 Å². The van der Waals surface area contributed by atoms with E-state index in [2.05, 4.69) is 21.8 Å². The Morgan fingerprint density at radius 1 is 1.48 bits per heavy atom. The molecule has 0 saturated carbocycles. The van der Waals surface area contributed by atoms with Gasteiger partial charge in [-0.05, 0) is 20.3 Å². The number of rotatable bonds is 6. The zero-order valence-corrected chi connectivity index (χ0v) is 12.9. The lowest BCUT2D eigenvalue weighted by Crippen LogP contribution is -2.12. The third-order valence-electron chi connectivity index (χ3n) is 2.93. The number of nitrogens with zero attached hydrogens (tertiary/aromatic N) is 2. The van der Waals surface area contributed by atoms with Crippen LogP contribution < -0.4 is 0 Å². The number of ether oxygens (including phenoxy) is 1. The quantitative estimate of drug-likeness (QED) is 0.829. The number of aryl methyl sites for hydroxylation is 3. The summed E-state index contributed by atoms with van der Waals surface area (Å²) in [5.41, 5.74) is 1.04. The van der Waals surface area contributed by atoms with E-state index in [9.17, 15) is 0 Å². The fourth-order valence-corrected chi connectivity index (χ4v) is 2.62. The van der Waals surface area contributed by atoms with Gasteiger partial charge in [-0.3, -0.25) is 0 Å². The van der Waals surface area contributed by atoms with Crippen LogP contribution in [-0.4, -0.2) is 27.8 Å². The van der Waals surface area contributed by atoms with E-state index in [1.54, 1.807) is 23.8 Å². The molecule has 2 aromatic heterocycles. The number of aliphatic hydroxyl groups excluding tert-OH is 1.